The highest BCUT2D eigenvalue weighted by Gasteiger charge is 2.03. The number of hydrogen-bond donors (Lipinski definition) is 4. The van der Waals surface area contributed by atoms with Gasteiger partial charge in [-0.05, 0) is 24.3 Å². The average molecular weight is 261 g/mol. The van der Waals surface area contributed by atoms with E-state index in [9.17, 15) is 4.79 Å². The van der Waals surface area contributed by atoms with E-state index in [4.69, 9.17) is 17.2 Å². The highest BCUT2D eigenvalue weighted by molar-refractivity contribution is 5.93. The van der Waals surface area contributed by atoms with Gasteiger partial charge < -0.3 is 17.2 Å². The molecule has 0 saturated carbocycles. The Kier molecular flexibility index (Phi) is 3.28. The molecular weight excluding hydrogens is 250 g/mol. The number of nitrogens with zero attached hydrogens (tertiary/aromatic N) is 3. The smallest absolute Gasteiger partial charge is 0.370 e. The van der Waals surface area contributed by atoms with Crippen LogP contribution in [0.1, 0.15) is 0 Å². The summed E-state index contributed by atoms with van der Waals surface area (Å²) >= 11 is 0. The van der Waals surface area contributed by atoms with Gasteiger partial charge >= 0.3 is 5.76 Å². The summed E-state index contributed by atoms with van der Waals surface area (Å²) in [6, 6.07) is 6.71. The molecule has 7 N–H and O–H groups in total. The van der Waals surface area contributed by atoms with Crippen LogP contribution in [0.4, 0.5) is 5.69 Å². The first-order valence-electron chi connectivity index (χ1n) is 5.15. The van der Waals surface area contributed by atoms with Crippen molar-refractivity contribution in [3.63, 3.8) is 0 Å². The number of guanidine groups is 2. The van der Waals surface area contributed by atoms with Crippen LogP contribution in [0.25, 0.3) is 11.4 Å². The molecule has 0 amide bonds. The Hall–Kier alpha value is -3.10. The predicted molar refractivity (Wildman–Crippen MR) is 69.7 cm³/mol. The van der Waals surface area contributed by atoms with Gasteiger partial charge in [-0.2, -0.15) is 4.99 Å². The highest BCUT2D eigenvalue weighted by Crippen LogP contribution is 2.18. The summed E-state index contributed by atoms with van der Waals surface area (Å²) in [6.45, 7) is 0. The molecule has 1 aromatic carbocycles. The van der Waals surface area contributed by atoms with Crippen LogP contribution in [0.3, 0.4) is 0 Å². The normalized spacial score (nSPS) is 11.3. The van der Waals surface area contributed by atoms with Gasteiger partial charge in [-0.15, -0.1) is 0 Å². The summed E-state index contributed by atoms with van der Waals surface area (Å²) in [4.78, 5) is 20.8. The van der Waals surface area contributed by atoms with E-state index < -0.39 is 5.76 Å². The Morgan fingerprint density at radius 3 is 2.42 bits per heavy atom. The number of benzene rings is 1. The maximum atomic E-state index is 10.8. The van der Waals surface area contributed by atoms with Gasteiger partial charge in [0.15, 0.2) is 11.8 Å². The third-order valence-electron chi connectivity index (χ3n) is 2.07. The van der Waals surface area contributed by atoms with Crippen LogP contribution >= 0.6 is 0 Å². The number of H-pyrrole nitrogens is 1. The monoisotopic (exact) mass is 261 g/mol. The minimum Gasteiger partial charge on any atom is -0.370 e. The minimum atomic E-state index is -0.617. The Morgan fingerprint density at radius 2 is 1.89 bits per heavy atom. The lowest BCUT2D eigenvalue weighted by Crippen LogP contribution is -2.26. The maximum absolute atomic E-state index is 10.8. The first-order chi connectivity index (χ1) is 9.04. The van der Waals surface area contributed by atoms with Gasteiger partial charge in [0.2, 0.25) is 5.96 Å². The SMILES string of the molecule is NC(N)=NC(N)=Nc1ccc(-c2noc(=O)[nH]2)cc1. The highest BCUT2D eigenvalue weighted by atomic mass is 16.5. The van der Waals surface area contributed by atoms with Crippen molar-refractivity contribution in [2.75, 3.05) is 0 Å². The molecule has 0 saturated heterocycles. The molecule has 1 heterocycles. The number of aliphatic imine (C=N–C) groups is 2. The van der Waals surface area contributed by atoms with Crippen LogP contribution < -0.4 is 23.0 Å². The summed E-state index contributed by atoms with van der Waals surface area (Å²) in [5.74, 6) is -0.507. The zero-order chi connectivity index (χ0) is 13.8. The Balaban J connectivity index is 2.24. The lowest BCUT2D eigenvalue weighted by molar-refractivity contribution is 0.388. The lowest BCUT2D eigenvalue weighted by atomic mass is 10.2. The molecule has 19 heavy (non-hydrogen) atoms. The molecule has 0 aliphatic heterocycles. The molecule has 0 atom stereocenters. The van der Waals surface area contributed by atoms with Crippen molar-refractivity contribution in [1.82, 2.24) is 10.1 Å². The fourth-order valence-corrected chi connectivity index (χ4v) is 1.34. The molecule has 0 radical (unpaired) electrons. The molecular formula is C10H11N7O2. The third kappa shape index (κ3) is 3.19. The summed E-state index contributed by atoms with van der Waals surface area (Å²) < 4.78 is 4.40. The number of aromatic amines is 1. The van der Waals surface area contributed by atoms with E-state index in [-0.39, 0.29) is 11.9 Å². The largest absolute Gasteiger partial charge is 0.439 e. The van der Waals surface area contributed by atoms with E-state index in [1.54, 1.807) is 24.3 Å². The number of nitrogens with two attached hydrogens (primary N) is 3. The van der Waals surface area contributed by atoms with Gasteiger partial charge in [0.1, 0.15) is 0 Å². The van der Waals surface area contributed by atoms with Crippen molar-refractivity contribution in [2.24, 2.45) is 27.2 Å². The van der Waals surface area contributed by atoms with Crippen LogP contribution in [0.2, 0.25) is 0 Å². The average Bonchev–Trinajstić information content (AvgIpc) is 2.75. The van der Waals surface area contributed by atoms with Crippen molar-refractivity contribution in [3.05, 3.63) is 34.8 Å². The van der Waals surface area contributed by atoms with E-state index in [1.807, 2.05) is 0 Å². The van der Waals surface area contributed by atoms with Gasteiger partial charge in [-0.25, -0.2) is 9.79 Å². The molecule has 98 valence electrons. The third-order valence-corrected chi connectivity index (χ3v) is 2.07. The first-order valence-corrected chi connectivity index (χ1v) is 5.15. The second-order valence-corrected chi connectivity index (χ2v) is 3.50. The molecule has 0 aliphatic carbocycles. The topological polar surface area (TPSA) is 162 Å². The van der Waals surface area contributed by atoms with Crippen molar-refractivity contribution < 1.29 is 4.52 Å². The molecule has 0 unspecified atom stereocenters. The van der Waals surface area contributed by atoms with Crippen LogP contribution in [0, 0.1) is 0 Å². The van der Waals surface area contributed by atoms with Crippen LogP contribution in [-0.2, 0) is 0 Å². The van der Waals surface area contributed by atoms with E-state index in [0.29, 0.717) is 17.1 Å². The molecule has 2 aromatic rings. The Bertz CT molecular complexity index is 676. The molecule has 0 fully saturated rings. The maximum Gasteiger partial charge on any atom is 0.439 e. The molecule has 2 rings (SSSR count). The van der Waals surface area contributed by atoms with Gasteiger partial charge in [0.05, 0.1) is 5.69 Å². The van der Waals surface area contributed by atoms with Crippen molar-refractivity contribution in [1.29, 1.82) is 0 Å². The Labute approximate surface area is 106 Å². The zero-order valence-electron chi connectivity index (χ0n) is 9.70. The van der Waals surface area contributed by atoms with Gasteiger partial charge in [0.25, 0.3) is 0 Å². The fraction of sp³-hybridized carbons (Fsp3) is 0. The Morgan fingerprint density at radius 1 is 1.21 bits per heavy atom. The van der Waals surface area contributed by atoms with Crippen molar-refractivity contribution in [3.8, 4) is 11.4 Å². The van der Waals surface area contributed by atoms with E-state index in [0.717, 1.165) is 0 Å². The van der Waals surface area contributed by atoms with Gasteiger partial charge in [-0.3, -0.25) is 9.51 Å². The number of aromatic nitrogens is 2. The van der Waals surface area contributed by atoms with Gasteiger partial charge in [-0.1, -0.05) is 5.16 Å². The minimum absolute atomic E-state index is 0.0532. The second-order valence-electron chi connectivity index (χ2n) is 3.50. The zero-order valence-corrected chi connectivity index (χ0v) is 9.70. The molecule has 9 heteroatoms. The summed E-state index contributed by atoms with van der Waals surface area (Å²) in [6.07, 6.45) is 0. The molecule has 0 bridgehead atoms. The van der Waals surface area contributed by atoms with Crippen LogP contribution in [0.15, 0.2) is 43.6 Å². The van der Waals surface area contributed by atoms with E-state index in [2.05, 4.69) is 24.6 Å². The summed E-state index contributed by atoms with van der Waals surface area (Å²) in [5, 5.41) is 3.56. The van der Waals surface area contributed by atoms with Crippen LogP contribution in [-0.4, -0.2) is 22.1 Å². The fourth-order valence-electron chi connectivity index (χ4n) is 1.34. The van der Waals surface area contributed by atoms with Crippen LogP contribution in [0.5, 0.6) is 0 Å². The number of nitrogens with one attached hydrogen (secondary N) is 1. The molecule has 0 aliphatic rings. The number of hydrogen-bond acceptors (Lipinski definition) is 4. The summed E-state index contributed by atoms with van der Waals surface area (Å²) in [5.41, 5.74) is 17.0. The second kappa shape index (κ2) is 5.04. The molecule has 0 spiro atoms. The predicted octanol–water partition coefficient (Wildman–Crippen LogP) is -0.750. The first kappa shape index (κ1) is 12.4. The molecule has 1 aromatic heterocycles. The van der Waals surface area contributed by atoms with Gasteiger partial charge in [0, 0.05) is 5.56 Å². The van der Waals surface area contributed by atoms with E-state index in [1.165, 1.54) is 0 Å². The lowest BCUT2D eigenvalue weighted by Gasteiger charge is -1.98. The van der Waals surface area contributed by atoms with E-state index >= 15 is 0 Å². The quantitative estimate of drug-likeness (QED) is 0.410. The number of rotatable bonds is 2. The van der Waals surface area contributed by atoms with Crippen molar-refractivity contribution >= 4 is 17.6 Å². The van der Waals surface area contributed by atoms with Crippen molar-refractivity contribution in [2.45, 2.75) is 0 Å². The molecule has 9 nitrogen and oxygen atoms in total. The summed E-state index contributed by atoms with van der Waals surface area (Å²) in [7, 11) is 0. The standard InChI is InChI=1S/C10H11N7O2/c11-8(12)16-9(13)14-6-3-1-5(2-4-6)7-15-10(18)19-17-7/h1-4H,(H,15,17,18)(H6,11,12,13,14,16).